The monoisotopic (exact) mass is 306 g/mol. The number of carbonyl (C=O) groups excluding carboxylic acids is 1. The summed E-state index contributed by atoms with van der Waals surface area (Å²) in [7, 11) is 0. The highest BCUT2D eigenvalue weighted by atomic mass is 32.1. The minimum atomic E-state index is 0.0259. The topological polar surface area (TPSA) is 32.3 Å². The Labute approximate surface area is 131 Å². The van der Waals surface area contributed by atoms with E-state index < -0.39 is 0 Å². The van der Waals surface area contributed by atoms with E-state index in [4.69, 9.17) is 0 Å². The molecule has 0 spiro atoms. The molecule has 1 saturated carbocycles. The van der Waals surface area contributed by atoms with E-state index in [9.17, 15) is 4.79 Å². The van der Waals surface area contributed by atoms with Gasteiger partial charge in [-0.05, 0) is 36.6 Å². The highest BCUT2D eigenvalue weighted by Crippen LogP contribution is 2.35. The van der Waals surface area contributed by atoms with Gasteiger partial charge in [0.1, 0.15) is 6.17 Å². The van der Waals surface area contributed by atoms with Gasteiger partial charge in [-0.1, -0.05) is 38.7 Å². The molecule has 2 aliphatic rings. The van der Waals surface area contributed by atoms with Gasteiger partial charge >= 0.3 is 0 Å². The minimum Gasteiger partial charge on any atom is -0.321 e. The van der Waals surface area contributed by atoms with Crippen molar-refractivity contribution in [3.05, 3.63) is 22.4 Å². The first-order valence-corrected chi connectivity index (χ1v) is 9.27. The molecule has 1 aromatic rings. The molecule has 2 fully saturated rings. The van der Waals surface area contributed by atoms with Crippen molar-refractivity contribution < 1.29 is 4.79 Å². The lowest BCUT2D eigenvalue weighted by Crippen LogP contribution is -2.31. The lowest BCUT2D eigenvalue weighted by Gasteiger charge is -2.23. The van der Waals surface area contributed by atoms with E-state index in [-0.39, 0.29) is 12.2 Å². The van der Waals surface area contributed by atoms with E-state index in [2.05, 4.69) is 34.7 Å². The average Bonchev–Trinajstić information content (AvgIpc) is 3.04. The summed E-state index contributed by atoms with van der Waals surface area (Å²) in [5, 5.41) is 5.67. The Morgan fingerprint density at radius 1 is 1.33 bits per heavy atom. The zero-order chi connectivity index (χ0) is 14.7. The summed E-state index contributed by atoms with van der Waals surface area (Å²) in [6, 6.07) is 4.25. The van der Waals surface area contributed by atoms with Crippen LogP contribution in [0.4, 0.5) is 0 Å². The lowest BCUT2D eigenvalue weighted by atomic mass is 10.1. The van der Waals surface area contributed by atoms with Crippen molar-refractivity contribution in [1.82, 2.24) is 10.2 Å². The van der Waals surface area contributed by atoms with Crippen molar-refractivity contribution in [2.75, 3.05) is 6.54 Å². The summed E-state index contributed by atoms with van der Waals surface area (Å²) in [5.74, 6) is 1.27. The lowest BCUT2D eigenvalue weighted by molar-refractivity contribution is -0.130. The van der Waals surface area contributed by atoms with E-state index in [0.29, 0.717) is 5.91 Å². The minimum absolute atomic E-state index is 0.0259. The van der Waals surface area contributed by atoms with Gasteiger partial charge in [0, 0.05) is 11.4 Å². The van der Waals surface area contributed by atoms with Crippen LogP contribution in [0, 0.1) is 5.92 Å². The first-order valence-electron chi connectivity index (χ1n) is 8.39. The fourth-order valence-electron chi connectivity index (χ4n) is 3.17. The molecule has 2 atom stereocenters. The zero-order valence-electron chi connectivity index (χ0n) is 12.9. The second kappa shape index (κ2) is 6.93. The molecule has 0 radical (unpaired) electrons. The zero-order valence-corrected chi connectivity index (χ0v) is 13.7. The number of amides is 1. The summed E-state index contributed by atoms with van der Waals surface area (Å²) >= 11 is 1.75. The highest BCUT2D eigenvalue weighted by Gasteiger charge is 2.39. The average molecular weight is 306 g/mol. The number of nitrogens with one attached hydrogen (secondary N) is 1. The van der Waals surface area contributed by atoms with Gasteiger partial charge in [-0.3, -0.25) is 10.1 Å². The Balaban J connectivity index is 1.63. The van der Waals surface area contributed by atoms with Crippen molar-refractivity contribution in [2.45, 2.75) is 64.1 Å². The number of thiophene rings is 1. The molecule has 1 N–H and O–H groups in total. The van der Waals surface area contributed by atoms with Crippen LogP contribution in [0.15, 0.2) is 17.5 Å². The van der Waals surface area contributed by atoms with E-state index in [0.717, 1.165) is 38.1 Å². The Hall–Kier alpha value is -0.870. The van der Waals surface area contributed by atoms with Crippen LogP contribution >= 0.6 is 11.3 Å². The first kappa shape index (κ1) is 15.0. The molecule has 2 unspecified atom stereocenters. The van der Waals surface area contributed by atoms with Gasteiger partial charge in [-0.25, -0.2) is 0 Å². The number of rotatable bonds is 8. The van der Waals surface area contributed by atoms with Gasteiger partial charge in [0.15, 0.2) is 0 Å². The largest absolute Gasteiger partial charge is 0.321 e. The predicted octanol–water partition coefficient (Wildman–Crippen LogP) is 3.93. The second-order valence-corrected chi connectivity index (χ2v) is 7.38. The highest BCUT2D eigenvalue weighted by molar-refractivity contribution is 7.10. The maximum absolute atomic E-state index is 12.7. The molecule has 2 heterocycles. The van der Waals surface area contributed by atoms with Gasteiger partial charge in [0.2, 0.25) is 5.91 Å². The van der Waals surface area contributed by atoms with Crippen LogP contribution in [0.5, 0.6) is 0 Å². The Bertz CT molecular complexity index is 455. The fraction of sp³-hybridized carbons (Fsp3) is 0.706. The van der Waals surface area contributed by atoms with Crippen LogP contribution in [0.25, 0.3) is 0 Å². The molecule has 0 bridgehead atoms. The summed E-state index contributed by atoms with van der Waals surface area (Å²) in [6.45, 7) is 3.09. The summed E-state index contributed by atoms with van der Waals surface area (Å²) < 4.78 is 0. The molecular weight excluding hydrogens is 280 g/mol. The number of carbonyl (C=O) groups is 1. The van der Waals surface area contributed by atoms with Crippen LogP contribution in [0.2, 0.25) is 0 Å². The summed E-state index contributed by atoms with van der Waals surface area (Å²) in [4.78, 5) is 16.0. The number of nitrogens with zero attached hydrogens (tertiary/aromatic N) is 1. The van der Waals surface area contributed by atoms with Crippen molar-refractivity contribution in [2.24, 2.45) is 5.92 Å². The smallest absolute Gasteiger partial charge is 0.241 e. The second-order valence-electron chi connectivity index (χ2n) is 6.40. The Kier molecular flexibility index (Phi) is 4.96. The third-order valence-corrected chi connectivity index (χ3v) is 5.54. The molecule has 1 aromatic heterocycles. The predicted molar refractivity (Wildman–Crippen MR) is 87.2 cm³/mol. The summed E-state index contributed by atoms with van der Waals surface area (Å²) in [6.07, 6.45) is 8.60. The Morgan fingerprint density at radius 2 is 2.19 bits per heavy atom. The van der Waals surface area contributed by atoms with Crippen molar-refractivity contribution in [3.63, 3.8) is 0 Å². The molecule has 21 heavy (non-hydrogen) atoms. The molecule has 3 nitrogen and oxygen atoms in total. The maximum Gasteiger partial charge on any atom is 0.241 e. The molecule has 1 amide bonds. The maximum atomic E-state index is 12.7. The van der Waals surface area contributed by atoms with E-state index in [1.54, 1.807) is 11.3 Å². The molecular formula is C17H26N2OS. The molecule has 116 valence electrons. The molecule has 1 aliphatic carbocycles. The molecule has 1 aliphatic heterocycles. The SMILES string of the molecule is CCCCC1NC(c2cccs2)N(CCCC2CC2)C1=O. The third-order valence-electron chi connectivity index (χ3n) is 4.62. The van der Waals surface area contributed by atoms with Gasteiger partial charge in [0.05, 0.1) is 6.04 Å². The van der Waals surface area contributed by atoms with Crippen LogP contribution in [-0.2, 0) is 4.79 Å². The van der Waals surface area contributed by atoms with Gasteiger partial charge in [0.25, 0.3) is 0 Å². The van der Waals surface area contributed by atoms with Crippen LogP contribution in [-0.4, -0.2) is 23.4 Å². The van der Waals surface area contributed by atoms with Gasteiger partial charge in [-0.2, -0.15) is 0 Å². The van der Waals surface area contributed by atoms with E-state index in [1.807, 2.05) is 0 Å². The fourth-order valence-corrected chi connectivity index (χ4v) is 3.97. The van der Waals surface area contributed by atoms with Crippen LogP contribution in [0.3, 0.4) is 0 Å². The van der Waals surface area contributed by atoms with E-state index >= 15 is 0 Å². The molecule has 4 heteroatoms. The Morgan fingerprint density at radius 3 is 2.86 bits per heavy atom. The normalized spacial score (nSPS) is 25.8. The van der Waals surface area contributed by atoms with E-state index in [1.165, 1.54) is 24.1 Å². The first-order chi connectivity index (χ1) is 10.3. The molecule has 3 rings (SSSR count). The van der Waals surface area contributed by atoms with Crippen LogP contribution in [0.1, 0.15) is 62.9 Å². The number of hydrogen-bond donors (Lipinski definition) is 1. The van der Waals surface area contributed by atoms with Crippen molar-refractivity contribution >= 4 is 17.2 Å². The number of hydrogen-bond acceptors (Lipinski definition) is 3. The summed E-state index contributed by atoms with van der Waals surface area (Å²) in [5.41, 5.74) is 0. The molecule has 1 saturated heterocycles. The van der Waals surface area contributed by atoms with Crippen molar-refractivity contribution in [1.29, 1.82) is 0 Å². The number of unbranched alkanes of at least 4 members (excludes halogenated alkanes) is 1. The van der Waals surface area contributed by atoms with Gasteiger partial charge in [-0.15, -0.1) is 11.3 Å². The molecule has 0 aromatic carbocycles. The van der Waals surface area contributed by atoms with Crippen molar-refractivity contribution in [3.8, 4) is 0 Å². The van der Waals surface area contributed by atoms with Crippen LogP contribution < -0.4 is 5.32 Å². The quantitative estimate of drug-likeness (QED) is 0.789. The van der Waals surface area contributed by atoms with Gasteiger partial charge < -0.3 is 4.90 Å². The standard InChI is InChI=1S/C17H26N2OS/c1-2-3-7-14-17(20)19(11-4-6-13-9-10-13)16(18-14)15-8-5-12-21-15/h5,8,12-14,16,18H,2-4,6-7,9-11H2,1H3. The third kappa shape index (κ3) is 3.67.